The Kier molecular flexibility index (Phi) is 26.4. The number of carbonyl (C=O) groups is 12. The van der Waals surface area contributed by atoms with Gasteiger partial charge in [0.25, 0.3) is 0 Å². The van der Waals surface area contributed by atoms with Crippen molar-refractivity contribution in [2.45, 2.75) is 147 Å². The van der Waals surface area contributed by atoms with E-state index in [1.54, 1.807) is 18.3 Å². The molecule has 1 aromatic carbocycles. The van der Waals surface area contributed by atoms with Gasteiger partial charge in [0, 0.05) is 26.4 Å². The molecule has 0 aromatic heterocycles. The number of carbonyl (C=O) groups excluding carboxylic acids is 12. The number of nitrogens with two attached hydrogens (primary N) is 2. The molecule has 80 heavy (non-hydrogen) atoms. The van der Waals surface area contributed by atoms with Gasteiger partial charge in [0.1, 0.15) is 60.1 Å². The van der Waals surface area contributed by atoms with Crippen LogP contribution in [0.15, 0.2) is 29.3 Å². The fourth-order valence-electron chi connectivity index (χ4n) is 8.09. The molecule has 10 atom stereocenters. The Morgan fingerprint density at radius 3 is 1.66 bits per heavy atom. The average molecular weight is 1130 g/mol. The van der Waals surface area contributed by atoms with Gasteiger partial charge in [-0.3, -0.25) is 57.7 Å². The van der Waals surface area contributed by atoms with Crippen molar-refractivity contribution in [1.82, 2.24) is 58.1 Å². The van der Waals surface area contributed by atoms with Crippen LogP contribution in [0.3, 0.4) is 0 Å². The first-order valence-electron chi connectivity index (χ1n) is 26.1. The summed E-state index contributed by atoms with van der Waals surface area (Å²) in [6.07, 6.45) is 2.44. The van der Waals surface area contributed by atoms with Crippen molar-refractivity contribution in [3.05, 3.63) is 29.8 Å². The second kappa shape index (κ2) is 32.0. The third-order valence-electron chi connectivity index (χ3n) is 12.5. The lowest BCUT2D eigenvalue weighted by Gasteiger charge is -2.29. The monoisotopic (exact) mass is 1130 g/mol. The molecular weight excluding hydrogens is 1050 g/mol. The number of phenols is 1. The summed E-state index contributed by atoms with van der Waals surface area (Å²) in [5.74, 6) is -9.51. The first-order chi connectivity index (χ1) is 37.6. The number of hydrogen-bond acceptors (Lipinski definition) is 16. The Hall–Kier alpha value is -8.28. The predicted molar refractivity (Wildman–Crippen MR) is 285 cm³/mol. The average Bonchev–Trinajstić information content (AvgIpc) is 4.13. The van der Waals surface area contributed by atoms with Crippen LogP contribution in [0.4, 0.5) is 0 Å². The molecule has 0 radical (unpaired) electrons. The van der Waals surface area contributed by atoms with E-state index in [-0.39, 0.29) is 68.7 Å². The molecule has 0 saturated carbocycles. The summed E-state index contributed by atoms with van der Waals surface area (Å²) in [4.78, 5) is 162. The number of aliphatic hydroxyl groups excluding tert-OH is 2. The molecular formula is C50H78N15O15+. The number of benzene rings is 1. The Morgan fingerprint density at radius 1 is 0.650 bits per heavy atom. The van der Waals surface area contributed by atoms with Crippen LogP contribution < -0.4 is 64.6 Å². The molecule has 30 heteroatoms. The van der Waals surface area contributed by atoms with Crippen LogP contribution in [0.5, 0.6) is 5.75 Å². The van der Waals surface area contributed by atoms with Crippen LogP contribution >= 0.6 is 0 Å². The minimum Gasteiger partial charge on any atom is -0.508 e. The summed E-state index contributed by atoms with van der Waals surface area (Å²) < 4.78 is 1.40. The molecule has 3 rings (SSSR count). The van der Waals surface area contributed by atoms with Crippen molar-refractivity contribution in [2.24, 2.45) is 22.4 Å². The summed E-state index contributed by atoms with van der Waals surface area (Å²) >= 11 is 0. The molecule has 12 amide bonds. The van der Waals surface area contributed by atoms with E-state index in [9.17, 15) is 72.9 Å². The maximum Gasteiger partial charge on any atom is 0.409 e. The van der Waals surface area contributed by atoms with Gasteiger partial charge in [-0.25, -0.2) is 4.79 Å². The second-order valence-electron chi connectivity index (χ2n) is 19.9. The highest BCUT2D eigenvalue weighted by Gasteiger charge is 2.39. The predicted octanol–water partition coefficient (Wildman–Crippen LogP) is -6.79. The van der Waals surface area contributed by atoms with Gasteiger partial charge in [-0.15, -0.1) is 0 Å². The van der Waals surface area contributed by atoms with E-state index < -0.39 is 145 Å². The minimum absolute atomic E-state index is 0.0106. The molecule has 2 aliphatic rings. The van der Waals surface area contributed by atoms with Crippen molar-refractivity contribution in [1.29, 1.82) is 0 Å². The van der Waals surface area contributed by atoms with Crippen molar-refractivity contribution in [2.75, 3.05) is 39.4 Å². The van der Waals surface area contributed by atoms with Crippen LogP contribution in [-0.4, -0.2) is 208 Å². The number of aliphatic hydroxyl groups is 2. The molecule has 30 nitrogen and oxygen atoms in total. The SMILES string of the molecule is CC(=O)NC(CC(C)C)C(=O)NC(C)C(=O)NC(CCCN=C(N)N)C(=O)NC(C)C(=O)NC(CO)C(=O)NC(C)C(=O)NC(CO)C(=O)N1CCCC1C(=O)NCC(=O)NC(Cc1ccc(O)cc1)C(=O)NC(C)C(=O)[N+]1=CC1. The van der Waals surface area contributed by atoms with Crippen molar-refractivity contribution in [3.8, 4) is 5.75 Å². The highest BCUT2D eigenvalue weighted by atomic mass is 16.3. The maximum atomic E-state index is 13.7. The molecule has 1 aromatic rings. The standard InChI is InChI=1S/C50H77N15O15/c1-25(2)20-34(59-30(7)68)44(75)56-26(3)40(71)61-33(10-8-16-53-50(51)52)43(74)55-27(4)41(72)62-36(23-66)46(77)57-28(5)42(73)63-37(24-67)49(80)65-17-9-11-38(65)47(78)54-22-39(70)60-35(21-31-12-14-32(69)15-13-31)45(76)58-29(6)48(79)64-18-19-64/h12-15,18,25-29,33-38,66-67H,8-11,16-17,19-24H2,1-7H3,(H14-,51,52,53,54,55,56,57,58,59,60,61,62,63,68,69,70,71,72,73,74,75,76,77,78)/p+1. The summed E-state index contributed by atoms with van der Waals surface area (Å²) in [5.41, 5.74) is 11.4. The zero-order valence-electron chi connectivity index (χ0n) is 46.0. The van der Waals surface area contributed by atoms with Gasteiger partial charge in [0.05, 0.1) is 19.8 Å². The van der Waals surface area contributed by atoms with Crippen LogP contribution in [0.2, 0.25) is 0 Å². The molecule has 442 valence electrons. The number of aromatic hydroxyl groups is 1. The minimum atomic E-state index is -1.69. The zero-order chi connectivity index (χ0) is 60.0. The Labute approximate surface area is 462 Å². The Bertz CT molecular complexity index is 2490. The number of nitrogens with zero attached hydrogens (tertiary/aromatic N) is 3. The Balaban J connectivity index is 1.57. The fourth-order valence-corrected chi connectivity index (χ4v) is 8.09. The van der Waals surface area contributed by atoms with Crippen molar-refractivity contribution < 1.29 is 77.4 Å². The topological polar surface area (TPSA) is 456 Å². The van der Waals surface area contributed by atoms with Gasteiger partial charge in [-0.05, 0) is 83.4 Å². The molecule has 0 bridgehead atoms. The van der Waals surface area contributed by atoms with Crippen LogP contribution in [0, 0.1) is 5.92 Å². The Morgan fingerprint density at radius 2 is 1.15 bits per heavy atom. The van der Waals surface area contributed by atoms with Crippen molar-refractivity contribution in [3.63, 3.8) is 0 Å². The third-order valence-corrected chi connectivity index (χ3v) is 12.5. The third kappa shape index (κ3) is 21.9. The number of phenolic OH excluding ortho intramolecular Hbond substituents is 1. The van der Waals surface area contributed by atoms with E-state index >= 15 is 0 Å². The number of aliphatic imine (C=N–C) groups is 1. The second-order valence-corrected chi connectivity index (χ2v) is 19.9. The van der Waals surface area contributed by atoms with Crippen LogP contribution in [0.25, 0.3) is 0 Å². The zero-order valence-corrected chi connectivity index (χ0v) is 46.0. The molecule has 1 saturated heterocycles. The molecule has 1 fully saturated rings. The number of amides is 12. The highest BCUT2D eigenvalue weighted by molar-refractivity contribution is 5.99. The lowest BCUT2D eigenvalue weighted by molar-refractivity contribution is -0.368. The number of hydrogen-bond donors (Lipinski definition) is 15. The summed E-state index contributed by atoms with van der Waals surface area (Å²) in [7, 11) is 0. The lowest BCUT2D eigenvalue weighted by atomic mass is 10.0. The number of rotatable bonds is 31. The van der Waals surface area contributed by atoms with Gasteiger partial charge in [-0.1, -0.05) is 26.0 Å². The van der Waals surface area contributed by atoms with Crippen LogP contribution in [-0.2, 0) is 64.0 Å². The smallest absolute Gasteiger partial charge is 0.409 e. The summed E-state index contributed by atoms with van der Waals surface area (Å²) in [6.45, 7) is 8.16. The summed E-state index contributed by atoms with van der Waals surface area (Å²) in [6, 6.07) is -7.02. The largest absolute Gasteiger partial charge is 0.508 e. The molecule has 2 heterocycles. The quantitative estimate of drug-likeness (QED) is 0.0142. The van der Waals surface area contributed by atoms with E-state index in [1.807, 2.05) is 13.8 Å². The highest BCUT2D eigenvalue weighted by Crippen LogP contribution is 2.19. The fraction of sp³-hybridized carbons (Fsp3) is 0.600. The normalized spacial score (nSPS) is 16.9. The van der Waals surface area contributed by atoms with E-state index in [4.69, 9.17) is 11.5 Å². The first-order valence-corrected chi connectivity index (χ1v) is 26.1. The molecule has 10 unspecified atom stereocenters. The van der Waals surface area contributed by atoms with Crippen LogP contribution in [0.1, 0.15) is 86.1 Å². The van der Waals surface area contributed by atoms with E-state index in [2.05, 4.69) is 58.2 Å². The van der Waals surface area contributed by atoms with E-state index in [1.165, 1.54) is 51.3 Å². The maximum absolute atomic E-state index is 13.7. The molecule has 2 aliphatic heterocycles. The summed E-state index contributed by atoms with van der Waals surface area (Å²) in [5, 5.41) is 54.4. The first kappa shape index (κ1) is 66.0. The molecule has 17 N–H and O–H groups in total. The van der Waals surface area contributed by atoms with Gasteiger partial charge < -0.3 is 84.9 Å². The van der Waals surface area contributed by atoms with Gasteiger partial charge in [0.2, 0.25) is 77.7 Å². The molecule has 0 aliphatic carbocycles. The van der Waals surface area contributed by atoms with Gasteiger partial charge >= 0.3 is 5.91 Å². The number of guanidine groups is 1. The van der Waals surface area contributed by atoms with Gasteiger partial charge in [-0.2, -0.15) is 4.58 Å². The van der Waals surface area contributed by atoms with Gasteiger partial charge in [0.15, 0.2) is 12.0 Å². The van der Waals surface area contributed by atoms with E-state index in [0.29, 0.717) is 18.5 Å². The van der Waals surface area contributed by atoms with E-state index in [0.717, 1.165) is 4.90 Å². The lowest BCUT2D eigenvalue weighted by Crippen LogP contribution is -2.60. The van der Waals surface area contributed by atoms with Crippen molar-refractivity contribution >= 4 is 83.1 Å². The number of likely N-dealkylation sites (tertiary alicyclic amines) is 1. The molecule has 0 spiro atoms. The number of nitrogens with one attached hydrogen (secondary N) is 10.